The molecule has 5 N–H and O–H groups in total. The maximum Gasteiger partial charge on any atom is 0.216 e. The minimum atomic E-state index is -4.06. The smallest absolute Gasteiger partial charge is 0.216 e. The van der Waals surface area contributed by atoms with Crippen molar-refractivity contribution in [1.82, 2.24) is 19.5 Å². The summed E-state index contributed by atoms with van der Waals surface area (Å²) in [5.74, 6) is 0.514. The van der Waals surface area contributed by atoms with Crippen molar-refractivity contribution in [3.63, 3.8) is 0 Å². The second-order valence-corrected chi connectivity index (χ2v) is 13.0. The Kier molecular flexibility index (Phi) is 9.40. The molecule has 2 aromatic heterocycles. The van der Waals surface area contributed by atoms with Crippen molar-refractivity contribution in [3.05, 3.63) is 120 Å². The molecule has 1 fully saturated rings. The van der Waals surface area contributed by atoms with Crippen molar-refractivity contribution in [2.45, 2.75) is 42.1 Å². The number of rotatable bonds is 12. The molecule has 1 aliphatic heterocycles. The van der Waals surface area contributed by atoms with Crippen LogP contribution < -0.4 is 10.5 Å². The van der Waals surface area contributed by atoms with Gasteiger partial charge in [-0.1, -0.05) is 91.0 Å². The van der Waals surface area contributed by atoms with E-state index in [9.17, 15) is 18.6 Å². The average molecular weight is 645 g/mol. The van der Waals surface area contributed by atoms with Gasteiger partial charge in [0.05, 0.1) is 12.9 Å². The Hall–Kier alpha value is -4.24. The molecule has 1 unspecified atom stereocenters. The zero-order valence-electron chi connectivity index (χ0n) is 25.1. The van der Waals surface area contributed by atoms with Gasteiger partial charge in [0.25, 0.3) is 0 Å². The predicted octanol–water partition coefficient (Wildman–Crippen LogP) is 2.91. The number of fused-ring (bicyclic) bond motifs is 1. The summed E-state index contributed by atoms with van der Waals surface area (Å²) in [5.41, 5.74) is 3.37. The number of hydrogen-bond donors (Lipinski definition) is 4. The average Bonchev–Trinajstić information content (AvgIpc) is 3.61. The van der Waals surface area contributed by atoms with E-state index in [1.807, 2.05) is 36.4 Å². The number of nitrogens with one attached hydrogen (secondary N) is 1. The number of aliphatic hydroxyl groups is 2. The molecule has 13 heteroatoms. The van der Waals surface area contributed by atoms with E-state index in [0.717, 1.165) is 11.1 Å². The van der Waals surface area contributed by atoms with Crippen molar-refractivity contribution >= 4 is 27.0 Å². The Morgan fingerprint density at radius 2 is 1.50 bits per heavy atom. The summed E-state index contributed by atoms with van der Waals surface area (Å²) in [7, 11) is -2.58. The van der Waals surface area contributed by atoms with E-state index >= 15 is 0 Å². The summed E-state index contributed by atoms with van der Waals surface area (Å²) >= 11 is 0. The third-order valence-electron chi connectivity index (χ3n) is 8.22. The Morgan fingerprint density at radius 3 is 2.07 bits per heavy atom. The molecule has 1 saturated heterocycles. The van der Waals surface area contributed by atoms with Crippen LogP contribution in [0.4, 0.5) is 5.82 Å². The summed E-state index contributed by atoms with van der Waals surface area (Å²) in [4.78, 5) is 14.1. The molecule has 5 aromatic rings. The molecule has 0 bridgehead atoms. The van der Waals surface area contributed by atoms with Crippen LogP contribution >= 0.6 is 0 Å². The van der Waals surface area contributed by atoms with Crippen molar-refractivity contribution in [1.29, 1.82) is 0 Å². The number of primary sulfonamides is 1. The monoisotopic (exact) mass is 644 g/mol. The van der Waals surface area contributed by atoms with E-state index in [4.69, 9.17) is 24.6 Å². The highest BCUT2D eigenvalue weighted by Crippen LogP contribution is 2.34. The maximum absolute atomic E-state index is 12.8. The van der Waals surface area contributed by atoms with E-state index < -0.39 is 39.8 Å². The van der Waals surface area contributed by atoms with Crippen LogP contribution in [0.25, 0.3) is 11.2 Å². The van der Waals surface area contributed by atoms with Gasteiger partial charge in [-0.3, -0.25) is 4.57 Å². The number of nitrogens with two attached hydrogens (primary N) is 1. The van der Waals surface area contributed by atoms with Crippen LogP contribution in [0, 0.1) is 0 Å². The summed E-state index contributed by atoms with van der Waals surface area (Å²) in [6.07, 6.45) is -2.96. The SMILES string of the molecule is COC[C@H]1O[C@@H](n2cnc3c(NCC(c4ccccc4)c4ccccc4)nc(CC(c4ccccc4)S(N)(=O)=O)nc32)[C@H](O)[C@@H]1O. The molecule has 0 radical (unpaired) electrons. The number of ether oxygens (including phenoxy) is 2. The van der Waals surface area contributed by atoms with Crippen molar-refractivity contribution < 1.29 is 28.1 Å². The van der Waals surface area contributed by atoms with Gasteiger partial charge in [-0.25, -0.2) is 28.5 Å². The molecular weight excluding hydrogens is 608 g/mol. The van der Waals surface area contributed by atoms with Gasteiger partial charge in [0.2, 0.25) is 10.0 Å². The molecule has 6 rings (SSSR count). The third kappa shape index (κ3) is 6.65. The first kappa shape index (κ1) is 31.7. The molecule has 1 aliphatic rings. The van der Waals surface area contributed by atoms with Gasteiger partial charge in [-0.2, -0.15) is 0 Å². The fraction of sp³-hybridized carbons (Fsp3) is 0.303. The summed E-state index contributed by atoms with van der Waals surface area (Å²) in [6, 6.07) is 28.8. The molecule has 0 spiro atoms. The lowest BCUT2D eigenvalue weighted by molar-refractivity contribution is -0.0580. The minimum Gasteiger partial charge on any atom is -0.387 e. The van der Waals surface area contributed by atoms with Crippen LogP contribution in [0.15, 0.2) is 97.3 Å². The number of imidazole rings is 1. The maximum atomic E-state index is 12.8. The molecule has 5 atom stereocenters. The highest BCUT2D eigenvalue weighted by atomic mass is 32.2. The van der Waals surface area contributed by atoms with E-state index in [1.54, 1.807) is 30.3 Å². The summed E-state index contributed by atoms with van der Waals surface area (Å²) in [6.45, 7) is 0.503. The Balaban J connectivity index is 1.42. The Bertz CT molecular complexity index is 1820. The zero-order chi connectivity index (χ0) is 32.3. The molecule has 0 amide bonds. The second kappa shape index (κ2) is 13.6. The molecule has 3 aromatic carbocycles. The van der Waals surface area contributed by atoms with Crippen LogP contribution in [-0.4, -0.2) is 76.7 Å². The lowest BCUT2D eigenvalue weighted by Crippen LogP contribution is -2.33. The zero-order valence-corrected chi connectivity index (χ0v) is 25.9. The number of aliphatic hydroxyl groups excluding tert-OH is 2. The van der Waals surface area contributed by atoms with E-state index in [1.165, 1.54) is 18.0 Å². The van der Waals surface area contributed by atoms with E-state index in [-0.39, 0.29) is 24.8 Å². The highest BCUT2D eigenvalue weighted by Gasteiger charge is 2.44. The summed E-state index contributed by atoms with van der Waals surface area (Å²) in [5, 5.41) is 29.6. The molecule has 0 aliphatic carbocycles. The first-order chi connectivity index (χ1) is 22.2. The number of sulfonamides is 1. The Morgan fingerprint density at radius 1 is 0.913 bits per heavy atom. The van der Waals surface area contributed by atoms with Crippen LogP contribution in [0.1, 0.15) is 39.9 Å². The molecule has 240 valence electrons. The van der Waals surface area contributed by atoms with Crippen LogP contribution in [0.3, 0.4) is 0 Å². The minimum absolute atomic E-state index is 0.0515. The molecular formula is C33H36N6O6S. The first-order valence-corrected chi connectivity index (χ1v) is 16.5. The van der Waals surface area contributed by atoms with Crippen LogP contribution in [-0.2, 0) is 25.9 Å². The van der Waals surface area contributed by atoms with Crippen LogP contribution in [0.2, 0.25) is 0 Å². The van der Waals surface area contributed by atoms with Crippen LogP contribution in [0.5, 0.6) is 0 Å². The normalized spacial score (nSPS) is 20.7. The lowest BCUT2D eigenvalue weighted by Gasteiger charge is -2.21. The van der Waals surface area contributed by atoms with E-state index in [0.29, 0.717) is 29.1 Å². The Labute approximate surface area is 266 Å². The third-order valence-corrected chi connectivity index (χ3v) is 9.46. The van der Waals surface area contributed by atoms with E-state index in [2.05, 4.69) is 34.6 Å². The second-order valence-electron chi connectivity index (χ2n) is 11.3. The number of methoxy groups -OCH3 is 1. The quantitative estimate of drug-likeness (QED) is 0.158. The number of anilines is 1. The lowest BCUT2D eigenvalue weighted by atomic mass is 9.91. The van der Waals surface area contributed by atoms with Gasteiger partial charge in [0.1, 0.15) is 29.4 Å². The number of nitrogens with zero attached hydrogens (tertiary/aromatic N) is 4. The van der Waals surface area contributed by atoms with Gasteiger partial charge in [0, 0.05) is 26.0 Å². The van der Waals surface area contributed by atoms with Gasteiger partial charge >= 0.3 is 0 Å². The number of aromatic nitrogens is 4. The van der Waals surface area contributed by atoms with Gasteiger partial charge in [0.15, 0.2) is 23.2 Å². The highest BCUT2D eigenvalue weighted by molar-refractivity contribution is 7.89. The van der Waals surface area contributed by atoms with Crippen molar-refractivity contribution in [3.8, 4) is 0 Å². The van der Waals surface area contributed by atoms with Crippen molar-refractivity contribution in [2.24, 2.45) is 5.14 Å². The number of benzene rings is 3. The molecule has 3 heterocycles. The van der Waals surface area contributed by atoms with Gasteiger partial charge in [-0.15, -0.1) is 0 Å². The first-order valence-electron chi connectivity index (χ1n) is 14.9. The topological polar surface area (TPSA) is 175 Å². The number of hydrogen-bond acceptors (Lipinski definition) is 10. The summed E-state index contributed by atoms with van der Waals surface area (Å²) < 4.78 is 38.3. The molecule has 12 nitrogen and oxygen atoms in total. The molecule has 46 heavy (non-hydrogen) atoms. The molecule has 0 saturated carbocycles. The van der Waals surface area contributed by atoms with Crippen molar-refractivity contribution in [2.75, 3.05) is 25.6 Å². The largest absolute Gasteiger partial charge is 0.387 e. The van der Waals surface area contributed by atoms with Gasteiger partial charge in [-0.05, 0) is 16.7 Å². The fourth-order valence-electron chi connectivity index (χ4n) is 5.88. The fourth-order valence-corrected chi connectivity index (χ4v) is 6.80. The standard InChI is InChI=1S/C33H36N6O6S/c1-44-19-25-29(40)30(41)33(45-25)39-20-36-28-31(35-18-24(21-11-5-2-6-12-21)22-13-7-3-8-14-22)37-27(38-32(28)39)17-26(46(34,42)43)23-15-9-4-10-16-23/h2-16,20,24-26,29-30,33,40-41H,17-19H2,1H3,(H2,34,42,43)(H,35,37,38)/t25-,26?,29-,30-,33-/m1/s1. The van der Waals surface area contributed by atoms with Gasteiger partial charge < -0.3 is 25.0 Å². The predicted molar refractivity (Wildman–Crippen MR) is 172 cm³/mol.